The van der Waals surface area contributed by atoms with E-state index < -0.39 is 5.95 Å². The van der Waals surface area contributed by atoms with Gasteiger partial charge in [0.15, 0.2) is 0 Å². The molecule has 0 saturated carbocycles. The van der Waals surface area contributed by atoms with Gasteiger partial charge in [0.25, 0.3) is 0 Å². The second-order valence-corrected chi connectivity index (χ2v) is 2.91. The first-order valence-electron chi connectivity index (χ1n) is 4.43. The first-order chi connectivity index (χ1) is 7.31. The number of methoxy groups -OCH3 is 1. The average molecular weight is 204 g/mol. The summed E-state index contributed by atoms with van der Waals surface area (Å²) in [7, 11) is 1.52. The third-order valence-electron chi connectivity index (χ3n) is 1.97. The Bertz CT molecular complexity index is 474. The predicted octanol–water partition coefficient (Wildman–Crippen LogP) is 2.29. The minimum atomic E-state index is -0.529. The Hall–Kier alpha value is -1.97. The van der Waals surface area contributed by atoms with Crippen molar-refractivity contribution in [3.8, 4) is 17.1 Å². The van der Waals surface area contributed by atoms with E-state index in [9.17, 15) is 4.39 Å². The van der Waals surface area contributed by atoms with Crippen LogP contribution in [0.4, 0.5) is 4.39 Å². The molecule has 2 rings (SSSR count). The van der Waals surface area contributed by atoms with Crippen LogP contribution in [0, 0.1) is 5.95 Å². The van der Waals surface area contributed by atoms with Gasteiger partial charge in [0, 0.05) is 12.3 Å². The molecule has 2 aromatic rings. The van der Waals surface area contributed by atoms with Gasteiger partial charge in [-0.3, -0.25) is 0 Å². The fourth-order valence-corrected chi connectivity index (χ4v) is 1.26. The van der Waals surface area contributed by atoms with E-state index in [-0.39, 0.29) is 0 Å². The SMILES string of the molecule is COc1cccc(-c2cccnc2F)n1. The van der Waals surface area contributed by atoms with Crippen LogP contribution in [0.5, 0.6) is 5.88 Å². The van der Waals surface area contributed by atoms with Gasteiger partial charge in [0.2, 0.25) is 11.8 Å². The van der Waals surface area contributed by atoms with Crippen LogP contribution in [0.1, 0.15) is 0 Å². The number of nitrogens with zero attached hydrogens (tertiary/aromatic N) is 2. The Morgan fingerprint density at radius 3 is 2.80 bits per heavy atom. The molecular weight excluding hydrogens is 195 g/mol. The van der Waals surface area contributed by atoms with Crippen molar-refractivity contribution in [1.82, 2.24) is 9.97 Å². The molecule has 0 aliphatic rings. The minimum absolute atomic E-state index is 0.372. The summed E-state index contributed by atoms with van der Waals surface area (Å²) in [6.07, 6.45) is 1.40. The molecule has 0 spiro atoms. The highest BCUT2D eigenvalue weighted by molar-refractivity contribution is 5.58. The molecule has 0 fully saturated rings. The summed E-state index contributed by atoms with van der Waals surface area (Å²) in [4.78, 5) is 7.68. The summed E-state index contributed by atoms with van der Waals surface area (Å²) in [5.41, 5.74) is 0.886. The Kier molecular flexibility index (Phi) is 2.58. The van der Waals surface area contributed by atoms with Crippen LogP contribution >= 0.6 is 0 Å². The average Bonchev–Trinajstić information content (AvgIpc) is 2.30. The number of rotatable bonds is 2. The summed E-state index contributed by atoms with van der Waals surface area (Å²) >= 11 is 0. The summed E-state index contributed by atoms with van der Waals surface area (Å²) in [6, 6.07) is 8.47. The molecule has 3 nitrogen and oxygen atoms in total. The first kappa shape index (κ1) is 9.58. The van der Waals surface area contributed by atoms with Crippen molar-refractivity contribution in [2.24, 2.45) is 0 Å². The fourth-order valence-electron chi connectivity index (χ4n) is 1.26. The maximum absolute atomic E-state index is 13.3. The summed E-state index contributed by atoms with van der Waals surface area (Å²) in [5.74, 6) is -0.0750. The Morgan fingerprint density at radius 1 is 1.20 bits per heavy atom. The lowest BCUT2D eigenvalue weighted by Crippen LogP contribution is -1.92. The molecule has 0 aliphatic carbocycles. The Labute approximate surface area is 86.6 Å². The maximum Gasteiger partial charge on any atom is 0.222 e. The van der Waals surface area contributed by atoms with Gasteiger partial charge in [-0.2, -0.15) is 4.39 Å². The van der Waals surface area contributed by atoms with E-state index in [0.717, 1.165) is 0 Å². The molecule has 0 N–H and O–H groups in total. The van der Waals surface area contributed by atoms with Gasteiger partial charge in [-0.15, -0.1) is 0 Å². The molecule has 0 unspecified atom stereocenters. The summed E-state index contributed by atoms with van der Waals surface area (Å²) < 4.78 is 18.3. The zero-order valence-corrected chi connectivity index (χ0v) is 8.14. The third kappa shape index (κ3) is 1.93. The van der Waals surface area contributed by atoms with Crippen LogP contribution in [0.25, 0.3) is 11.3 Å². The number of hydrogen-bond acceptors (Lipinski definition) is 3. The van der Waals surface area contributed by atoms with Crippen LogP contribution in [-0.2, 0) is 0 Å². The highest BCUT2D eigenvalue weighted by Crippen LogP contribution is 2.20. The van der Waals surface area contributed by atoms with E-state index >= 15 is 0 Å². The Morgan fingerprint density at radius 2 is 2.07 bits per heavy atom. The number of ether oxygens (including phenoxy) is 1. The molecule has 4 heteroatoms. The maximum atomic E-state index is 13.3. The topological polar surface area (TPSA) is 35.0 Å². The Balaban J connectivity index is 2.49. The largest absolute Gasteiger partial charge is 0.481 e. The van der Waals surface area contributed by atoms with Crippen molar-refractivity contribution >= 4 is 0 Å². The quantitative estimate of drug-likeness (QED) is 0.704. The molecule has 0 radical (unpaired) electrons. The second-order valence-electron chi connectivity index (χ2n) is 2.91. The molecule has 0 bridgehead atoms. The van der Waals surface area contributed by atoms with Gasteiger partial charge < -0.3 is 4.74 Å². The van der Waals surface area contributed by atoms with E-state index in [4.69, 9.17) is 4.74 Å². The van der Waals surface area contributed by atoms with E-state index in [0.29, 0.717) is 17.1 Å². The standard InChI is InChI=1S/C11H9FN2O/c1-15-10-6-2-5-9(14-10)8-4-3-7-13-11(8)12/h2-7H,1H3. The lowest BCUT2D eigenvalue weighted by molar-refractivity contribution is 0.398. The van der Waals surface area contributed by atoms with E-state index in [1.54, 1.807) is 30.3 Å². The van der Waals surface area contributed by atoms with Gasteiger partial charge in [-0.1, -0.05) is 6.07 Å². The van der Waals surface area contributed by atoms with E-state index in [1.165, 1.54) is 13.3 Å². The molecule has 0 atom stereocenters. The van der Waals surface area contributed by atoms with Crippen molar-refractivity contribution < 1.29 is 9.13 Å². The van der Waals surface area contributed by atoms with Crippen molar-refractivity contribution in [2.45, 2.75) is 0 Å². The molecule has 0 saturated heterocycles. The van der Waals surface area contributed by atoms with Crippen LogP contribution in [0.2, 0.25) is 0 Å². The van der Waals surface area contributed by atoms with E-state index in [1.807, 2.05) is 0 Å². The van der Waals surface area contributed by atoms with E-state index in [2.05, 4.69) is 9.97 Å². The third-order valence-corrected chi connectivity index (χ3v) is 1.97. The molecular formula is C11H9FN2O. The van der Waals surface area contributed by atoms with Crippen molar-refractivity contribution in [1.29, 1.82) is 0 Å². The zero-order chi connectivity index (χ0) is 10.7. The van der Waals surface area contributed by atoms with Crippen molar-refractivity contribution in [3.63, 3.8) is 0 Å². The lowest BCUT2D eigenvalue weighted by Gasteiger charge is -2.03. The monoisotopic (exact) mass is 204 g/mol. The zero-order valence-electron chi connectivity index (χ0n) is 8.14. The van der Waals surface area contributed by atoms with Crippen molar-refractivity contribution in [2.75, 3.05) is 7.11 Å². The van der Waals surface area contributed by atoms with Crippen LogP contribution < -0.4 is 4.74 Å². The van der Waals surface area contributed by atoms with Crippen molar-refractivity contribution in [3.05, 3.63) is 42.5 Å². The first-order valence-corrected chi connectivity index (χ1v) is 4.43. The van der Waals surface area contributed by atoms with Gasteiger partial charge >= 0.3 is 0 Å². The van der Waals surface area contributed by atoms with Gasteiger partial charge in [0.1, 0.15) is 0 Å². The van der Waals surface area contributed by atoms with Crippen LogP contribution in [0.3, 0.4) is 0 Å². The van der Waals surface area contributed by atoms with Crippen LogP contribution in [-0.4, -0.2) is 17.1 Å². The van der Waals surface area contributed by atoms with Gasteiger partial charge in [0.05, 0.1) is 18.4 Å². The smallest absolute Gasteiger partial charge is 0.222 e. The number of hydrogen-bond donors (Lipinski definition) is 0. The highest BCUT2D eigenvalue weighted by atomic mass is 19.1. The fraction of sp³-hybridized carbons (Fsp3) is 0.0909. The van der Waals surface area contributed by atoms with Gasteiger partial charge in [-0.05, 0) is 18.2 Å². The molecule has 15 heavy (non-hydrogen) atoms. The van der Waals surface area contributed by atoms with Gasteiger partial charge in [-0.25, -0.2) is 9.97 Å². The minimum Gasteiger partial charge on any atom is -0.481 e. The summed E-state index contributed by atoms with van der Waals surface area (Å²) in [5, 5.41) is 0. The number of pyridine rings is 2. The summed E-state index contributed by atoms with van der Waals surface area (Å²) in [6.45, 7) is 0. The predicted molar refractivity (Wildman–Crippen MR) is 54.0 cm³/mol. The molecule has 0 aromatic carbocycles. The molecule has 2 aromatic heterocycles. The van der Waals surface area contributed by atoms with Crippen LogP contribution in [0.15, 0.2) is 36.5 Å². The molecule has 0 amide bonds. The lowest BCUT2D eigenvalue weighted by atomic mass is 10.2. The second kappa shape index (κ2) is 4.04. The highest BCUT2D eigenvalue weighted by Gasteiger charge is 2.06. The number of halogens is 1. The normalized spacial score (nSPS) is 10.0. The molecule has 76 valence electrons. The number of aromatic nitrogens is 2. The molecule has 0 aliphatic heterocycles. The molecule has 2 heterocycles.